The van der Waals surface area contributed by atoms with E-state index in [-0.39, 0.29) is 5.56 Å². The van der Waals surface area contributed by atoms with Gasteiger partial charge in [0.2, 0.25) is 0 Å². The third-order valence-corrected chi connectivity index (χ3v) is 3.07. The van der Waals surface area contributed by atoms with Crippen molar-refractivity contribution >= 4 is 0 Å². The van der Waals surface area contributed by atoms with Gasteiger partial charge in [-0.05, 0) is 34.7 Å². The van der Waals surface area contributed by atoms with Gasteiger partial charge in [0.1, 0.15) is 0 Å². The molecule has 0 fully saturated rings. The van der Waals surface area contributed by atoms with Crippen LogP contribution in [0.2, 0.25) is 0 Å². The summed E-state index contributed by atoms with van der Waals surface area (Å²) >= 11 is 0. The molecule has 0 radical (unpaired) electrons. The van der Waals surface area contributed by atoms with Gasteiger partial charge in [-0.2, -0.15) is 0 Å². The Hall–Kier alpha value is -1.70. The molecule has 1 aliphatic carbocycles. The first kappa shape index (κ1) is 9.52. The molecule has 0 unspecified atom stereocenters. The first-order valence-corrected chi connectivity index (χ1v) is 5.25. The molecule has 0 amide bonds. The minimum absolute atomic E-state index is 0.117. The summed E-state index contributed by atoms with van der Waals surface area (Å²) in [5.74, 6) is 0. The molecule has 1 aliphatic rings. The molecule has 3 rings (SSSR count). The van der Waals surface area contributed by atoms with E-state index in [1.165, 1.54) is 17.2 Å². The lowest BCUT2D eigenvalue weighted by atomic mass is 10.0. The Morgan fingerprint density at radius 1 is 0.875 bits per heavy atom. The topological polar surface area (TPSA) is 0 Å². The molecule has 0 saturated heterocycles. The fraction of sp³-hybridized carbons (Fsp3) is 0.143. The highest BCUT2D eigenvalue weighted by Gasteiger charge is 2.19. The monoisotopic (exact) mass is 216 g/mol. The molecule has 0 spiro atoms. The van der Waals surface area contributed by atoms with Crippen LogP contribution in [-0.2, 0) is 6.42 Å². The Morgan fingerprint density at radius 2 is 1.62 bits per heavy atom. The summed E-state index contributed by atoms with van der Waals surface area (Å²) < 4.78 is 25.1. The maximum Gasteiger partial charge on any atom is 0.263 e. The first-order valence-electron chi connectivity index (χ1n) is 5.25. The van der Waals surface area contributed by atoms with Crippen molar-refractivity contribution in [1.29, 1.82) is 0 Å². The summed E-state index contributed by atoms with van der Waals surface area (Å²) in [4.78, 5) is 0. The van der Waals surface area contributed by atoms with Crippen molar-refractivity contribution < 1.29 is 8.78 Å². The van der Waals surface area contributed by atoms with Gasteiger partial charge in [-0.3, -0.25) is 0 Å². The molecule has 16 heavy (non-hydrogen) atoms. The second kappa shape index (κ2) is 3.41. The summed E-state index contributed by atoms with van der Waals surface area (Å²) in [6.07, 6.45) is -1.61. The fourth-order valence-electron chi connectivity index (χ4n) is 2.30. The second-order valence-corrected chi connectivity index (χ2v) is 4.05. The van der Waals surface area contributed by atoms with Crippen LogP contribution in [0.3, 0.4) is 0 Å². The van der Waals surface area contributed by atoms with Crippen molar-refractivity contribution in [2.45, 2.75) is 12.8 Å². The molecular formula is C14H10F2. The van der Waals surface area contributed by atoms with Crippen LogP contribution >= 0.6 is 0 Å². The van der Waals surface area contributed by atoms with Gasteiger partial charge in [0.25, 0.3) is 6.43 Å². The fourth-order valence-corrected chi connectivity index (χ4v) is 2.30. The number of rotatable bonds is 1. The summed E-state index contributed by atoms with van der Waals surface area (Å²) in [6.45, 7) is 0. The van der Waals surface area contributed by atoms with Crippen LogP contribution < -0.4 is 0 Å². The first-order chi connectivity index (χ1) is 7.75. The van der Waals surface area contributed by atoms with Gasteiger partial charge < -0.3 is 0 Å². The molecule has 2 aromatic carbocycles. The van der Waals surface area contributed by atoms with Crippen LogP contribution in [0.1, 0.15) is 23.1 Å². The summed E-state index contributed by atoms with van der Waals surface area (Å²) in [6, 6.07) is 13.0. The van der Waals surface area contributed by atoms with Gasteiger partial charge in [0.05, 0.1) is 0 Å². The van der Waals surface area contributed by atoms with Crippen LogP contribution in [0.5, 0.6) is 0 Å². The summed E-state index contributed by atoms with van der Waals surface area (Å²) in [5.41, 5.74) is 4.63. The van der Waals surface area contributed by atoms with E-state index in [1.54, 1.807) is 6.07 Å². The van der Waals surface area contributed by atoms with E-state index in [1.807, 2.05) is 24.3 Å². The standard InChI is InChI=1S/C14H10F2/c15-14(16)10-5-6-13-11(8-10)7-9-3-1-2-4-12(9)13/h1-6,8,14H,7H2. The van der Waals surface area contributed by atoms with E-state index in [9.17, 15) is 8.78 Å². The van der Waals surface area contributed by atoms with Crippen molar-refractivity contribution in [2.75, 3.05) is 0 Å². The smallest absolute Gasteiger partial charge is 0.205 e. The highest BCUT2D eigenvalue weighted by molar-refractivity contribution is 5.76. The maximum absolute atomic E-state index is 12.6. The summed E-state index contributed by atoms with van der Waals surface area (Å²) in [5, 5.41) is 0. The summed E-state index contributed by atoms with van der Waals surface area (Å²) in [7, 11) is 0. The molecule has 0 atom stereocenters. The van der Waals surface area contributed by atoms with Crippen LogP contribution in [0.4, 0.5) is 8.78 Å². The lowest BCUT2D eigenvalue weighted by molar-refractivity contribution is 0.151. The number of alkyl halides is 2. The predicted octanol–water partition coefficient (Wildman–Crippen LogP) is 4.20. The Morgan fingerprint density at radius 3 is 2.44 bits per heavy atom. The van der Waals surface area contributed by atoms with Gasteiger partial charge in [0, 0.05) is 5.56 Å². The van der Waals surface area contributed by atoms with E-state index in [2.05, 4.69) is 6.07 Å². The minimum Gasteiger partial charge on any atom is -0.205 e. The molecule has 2 heteroatoms. The molecule has 0 aromatic heterocycles. The molecule has 0 saturated carbocycles. The van der Waals surface area contributed by atoms with Crippen molar-refractivity contribution in [3.05, 3.63) is 59.2 Å². The highest BCUT2D eigenvalue weighted by atomic mass is 19.3. The lowest BCUT2D eigenvalue weighted by Crippen LogP contribution is -1.87. The largest absolute Gasteiger partial charge is 0.263 e. The van der Waals surface area contributed by atoms with Gasteiger partial charge in [0.15, 0.2) is 0 Å². The minimum atomic E-state index is -2.38. The zero-order valence-corrected chi connectivity index (χ0v) is 8.58. The normalized spacial score (nSPS) is 12.7. The van der Waals surface area contributed by atoms with Gasteiger partial charge in [-0.15, -0.1) is 0 Å². The molecule has 0 aliphatic heterocycles. The average molecular weight is 216 g/mol. The number of halogens is 2. The van der Waals surface area contributed by atoms with Crippen molar-refractivity contribution in [3.8, 4) is 11.1 Å². The molecule has 0 heterocycles. The van der Waals surface area contributed by atoms with Crippen molar-refractivity contribution in [3.63, 3.8) is 0 Å². The Balaban J connectivity index is 2.14. The lowest BCUT2D eigenvalue weighted by Gasteiger charge is -2.03. The van der Waals surface area contributed by atoms with Gasteiger partial charge in [-0.1, -0.05) is 36.4 Å². The number of hydrogen-bond acceptors (Lipinski definition) is 0. The zero-order chi connectivity index (χ0) is 11.1. The molecule has 0 N–H and O–H groups in total. The van der Waals surface area contributed by atoms with Crippen LogP contribution in [0, 0.1) is 0 Å². The Kier molecular flexibility index (Phi) is 2.03. The van der Waals surface area contributed by atoms with Crippen LogP contribution in [0.15, 0.2) is 42.5 Å². The molecule has 2 aromatic rings. The molecule has 80 valence electrons. The second-order valence-electron chi connectivity index (χ2n) is 4.05. The molecule has 0 nitrogen and oxygen atoms in total. The predicted molar refractivity (Wildman–Crippen MR) is 59.6 cm³/mol. The average Bonchev–Trinajstić information content (AvgIpc) is 2.66. The molecule has 0 bridgehead atoms. The van der Waals surface area contributed by atoms with Gasteiger partial charge in [-0.25, -0.2) is 8.78 Å². The quantitative estimate of drug-likeness (QED) is 0.572. The zero-order valence-electron chi connectivity index (χ0n) is 8.58. The number of benzene rings is 2. The maximum atomic E-state index is 12.6. The van der Waals surface area contributed by atoms with E-state index in [0.29, 0.717) is 0 Å². The third kappa shape index (κ3) is 1.33. The highest BCUT2D eigenvalue weighted by Crippen LogP contribution is 2.37. The van der Waals surface area contributed by atoms with E-state index in [0.717, 1.165) is 17.5 Å². The molecular weight excluding hydrogens is 206 g/mol. The Bertz CT molecular complexity index is 544. The number of fused-ring (bicyclic) bond motifs is 3. The van der Waals surface area contributed by atoms with Crippen molar-refractivity contribution in [1.82, 2.24) is 0 Å². The number of hydrogen-bond donors (Lipinski definition) is 0. The van der Waals surface area contributed by atoms with Crippen LogP contribution in [0.25, 0.3) is 11.1 Å². The SMILES string of the molecule is FC(F)c1ccc2c(c1)Cc1ccccc1-2. The van der Waals surface area contributed by atoms with E-state index >= 15 is 0 Å². The van der Waals surface area contributed by atoms with E-state index in [4.69, 9.17) is 0 Å². The van der Waals surface area contributed by atoms with E-state index < -0.39 is 6.43 Å². The third-order valence-electron chi connectivity index (χ3n) is 3.07. The Labute approximate surface area is 92.5 Å². The van der Waals surface area contributed by atoms with Crippen molar-refractivity contribution in [2.24, 2.45) is 0 Å². The van der Waals surface area contributed by atoms with Gasteiger partial charge >= 0.3 is 0 Å². The van der Waals surface area contributed by atoms with Crippen LogP contribution in [-0.4, -0.2) is 0 Å².